The van der Waals surface area contributed by atoms with Gasteiger partial charge in [-0.25, -0.2) is 4.79 Å². The predicted molar refractivity (Wildman–Crippen MR) is 109 cm³/mol. The molecule has 1 aliphatic heterocycles. The SMILES string of the molecule is CC(C)(C)C(=O)C(O)[C@H]1O[C@@H](n2cc(C(F)(F)F)c(=O)[nH]c2=O)C[C@@]1(O)C(=O)c1cccnc1. The van der Waals surface area contributed by atoms with Crippen molar-refractivity contribution in [1.82, 2.24) is 14.5 Å². The van der Waals surface area contributed by atoms with Crippen molar-refractivity contribution >= 4 is 11.6 Å². The lowest BCUT2D eigenvalue weighted by Crippen LogP contribution is -2.55. The van der Waals surface area contributed by atoms with Crippen LogP contribution in [0.2, 0.25) is 0 Å². The molecule has 184 valence electrons. The van der Waals surface area contributed by atoms with Gasteiger partial charge in [0.15, 0.2) is 17.2 Å². The van der Waals surface area contributed by atoms with Crippen LogP contribution in [0, 0.1) is 5.41 Å². The van der Waals surface area contributed by atoms with E-state index in [9.17, 15) is 42.6 Å². The number of ether oxygens (including phenoxy) is 1. The first-order chi connectivity index (χ1) is 15.6. The Morgan fingerprint density at radius 3 is 2.47 bits per heavy atom. The van der Waals surface area contributed by atoms with Crippen LogP contribution in [0.4, 0.5) is 13.2 Å². The first-order valence-corrected chi connectivity index (χ1v) is 10.0. The number of pyridine rings is 1. The van der Waals surface area contributed by atoms with Gasteiger partial charge in [-0.1, -0.05) is 20.8 Å². The van der Waals surface area contributed by atoms with Crippen molar-refractivity contribution in [1.29, 1.82) is 0 Å². The molecule has 0 spiro atoms. The molecule has 1 unspecified atom stereocenters. The van der Waals surface area contributed by atoms with Crippen molar-refractivity contribution in [3.8, 4) is 0 Å². The van der Waals surface area contributed by atoms with E-state index in [1.54, 1.807) is 0 Å². The summed E-state index contributed by atoms with van der Waals surface area (Å²) in [4.78, 5) is 55.1. The van der Waals surface area contributed by atoms with Crippen LogP contribution in [-0.4, -0.2) is 54.1 Å². The molecule has 10 nitrogen and oxygen atoms in total. The van der Waals surface area contributed by atoms with Gasteiger partial charge in [0.05, 0.1) is 0 Å². The molecule has 0 bridgehead atoms. The first-order valence-electron chi connectivity index (χ1n) is 10.0. The molecule has 2 aromatic rings. The van der Waals surface area contributed by atoms with Crippen molar-refractivity contribution in [2.45, 2.75) is 57.4 Å². The van der Waals surface area contributed by atoms with E-state index in [0.29, 0.717) is 4.57 Å². The van der Waals surface area contributed by atoms with E-state index in [4.69, 9.17) is 4.74 Å². The summed E-state index contributed by atoms with van der Waals surface area (Å²) >= 11 is 0. The predicted octanol–water partition coefficient (Wildman–Crippen LogP) is 0.828. The number of nitrogens with one attached hydrogen (secondary N) is 1. The molecule has 34 heavy (non-hydrogen) atoms. The number of aliphatic hydroxyl groups excluding tert-OH is 1. The Hall–Kier alpha value is -3.16. The quantitative estimate of drug-likeness (QED) is 0.527. The van der Waals surface area contributed by atoms with Crippen LogP contribution in [-0.2, 0) is 15.7 Å². The lowest BCUT2D eigenvalue weighted by molar-refractivity contribution is -0.153. The summed E-state index contributed by atoms with van der Waals surface area (Å²) in [7, 11) is 0. The van der Waals surface area contributed by atoms with Gasteiger partial charge < -0.3 is 14.9 Å². The molecule has 0 amide bonds. The van der Waals surface area contributed by atoms with Gasteiger partial charge in [-0.2, -0.15) is 13.2 Å². The minimum Gasteiger partial charge on any atom is -0.382 e. The summed E-state index contributed by atoms with van der Waals surface area (Å²) in [6.07, 6.45) is -9.02. The van der Waals surface area contributed by atoms with Crippen LogP contribution < -0.4 is 11.2 Å². The van der Waals surface area contributed by atoms with E-state index >= 15 is 0 Å². The third-order valence-electron chi connectivity index (χ3n) is 5.46. The topological polar surface area (TPSA) is 152 Å². The third kappa shape index (κ3) is 4.58. The second kappa shape index (κ2) is 8.56. The number of H-pyrrole nitrogens is 1. The molecule has 3 N–H and O–H groups in total. The molecule has 0 aromatic carbocycles. The number of aromatic nitrogens is 3. The maximum Gasteiger partial charge on any atom is 0.423 e. The van der Waals surface area contributed by atoms with Gasteiger partial charge in [0.1, 0.15) is 24.0 Å². The molecule has 0 radical (unpaired) electrons. The number of carbonyl (C=O) groups is 2. The zero-order valence-electron chi connectivity index (χ0n) is 18.3. The molecule has 1 aliphatic rings. The van der Waals surface area contributed by atoms with E-state index in [-0.39, 0.29) is 11.8 Å². The van der Waals surface area contributed by atoms with Crippen molar-refractivity contribution in [3.63, 3.8) is 0 Å². The van der Waals surface area contributed by atoms with Crippen LogP contribution >= 0.6 is 0 Å². The average molecular weight is 485 g/mol. The highest BCUT2D eigenvalue weighted by Gasteiger charge is 2.58. The monoisotopic (exact) mass is 485 g/mol. The molecule has 2 aromatic heterocycles. The summed E-state index contributed by atoms with van der Waals surface area (Å²) in [5, 5.41) is 22.1. The Kier molecular flexibility index (Phi) is 6.41. The molecular formula is C21H22F3N3O7. The zero-order valence-corrected chi connectivity index (χ0v) is 18.3. The summed E-state index contributed by atoms with van der Waals surface area (Å²) in [5.41, 5.74) is -8.60. The van der Waals surface area contributed by atoms with Crippen molar-refractivity contribution in [3.05, 3.63) is 62.7 Å². The highest BCUT2D eigenvalue weighted by Crippen LogP contribution is 2.41. The second-order valence-corrected chi connectivity index (χ2v) is 8.98. The second-order valence-electron chi connectivity index (χ2n) is 8.98. The molecule has 3 rings (SSSR count). The molecule has 1 fully saturated rings. The fourth-order valence-corrected chi connectivity index (χ4v) is 3.66. The highest BCUT2D eigenvalue weighted by atomic mass is 19.4. The molecule has 0 aliphatic carbocycles. The number of halogens is 3. The average Bonchev–Trinajstić information content (AvgIpc) is 3.09. The number of aliphatic hydroxyl groups is 2. The Balaban J connectivity index is 2.12. The number of ketones is 2. The van der Waals surface area contributed by atoms with Crippen molar-refractivity contribution in [2.24, 2.45) is 5.41 Å². The van der Waals surface area contributed by atoms with Gasteiger partial charge in [-0.3, -0.25) is 28.9 Å². The number of Topliss-reactive ketones (excluding diaryl/α,β-unsaturated/α-hetero) is 2. The maximum atomic E-state index is 13.2. The Morgan fingerprint density at radius 1 is 1.29 bits per heavy atom. The Morgan fingerprint density at radius 2 is 1.94 bits per heavy atom. The highest BCUT2D eigenvalue weighted by molar-refractivity contribution is 6.03. The van der Waals surface area contributed by atoms with E-state index in [2.05, 4.69) is 4.98 Å². The van der Waals surface area contributed by atoms with Gasteiger partial charge in [-0.15, -0.1) is 0 Å². The van der Waals surface area contributed by atoms with Crippen LogP contribution in [0.15, 0.2) is 40.3 Å². The van der Waals surface area contributed by atoms with E-state index in [1.165, 1.54) is 44.1 Å². The lowest BCUT2D eigenvalue weighted by atomic mass is 9.78. The molecule has 13 heteroatoms. The molecule has 3 heterocycles. The van der Waals surface area contributed by atoms with E-state index in [0.717, 1.165) is 6.20 Å². The van der Waals surface area contributed by atoms with Gasteiger partial charge in [0.2, 0.25) is 0 Å². The number of alkyl halides is 3. The largest absolute Gasteiger partial charge is 0.423 e. The minimum atomic E-state index is -5.12. The van der Waals surface area contributed by atoms with E-state index < -0.39 is 70.4 Å². The van der Waals surface area contributed by atoms with Crippen LogP contribution in [0.5, 0.6) is 0 Å². The number of rotatable bonds is 5. The summed E-state index contributed by atoms with van der Waals surface area (Å²) in [5.74, 6) is -1.84. The normalized spacial score (nSPS) is 24.1. The van der Waals surface area contributed by atoms with Gasteiger partial charge in [0.25, 0.3) is 5.56 Å². The Bertz CT molecular complexity index is 1220. The van der Waals surface area contributed by atoms with Crippen LogP contribution in [0.1, 0.15) is 49.3 Å². The minimum absolute atomic E-state index is 0.126. The Labute approximate surface area is 190 Å². The van der Waals surface area contributed by atoms with E-state index in [1.807, 2.05) is 0 Å². The molecule has 4 atom stereocenters. The smallest absolute Gasteiger partial charge is 0.382 e. The summed E-state index contributed by atoms with van der Waals surface area (Å²) in [6.45, 7) is 4.40. The number of nitrogens with zero attached hydrogens (tertiary/aromatic N) is 2. The fourth-order valence-electron chi connectivity index (χ4n) is 3.66. The number of aromatic amines is 1. The molecule has 0 saturated carbocycles. The van der Waals surface area contributed by atoms with Gasteiger partial charge >= 0.3 is 11.9 Å². The summed E-state index contributed by atoms with van der Waals surface area (Å²) < 4.78 is 45.5. The molecular weight excluding hydrogens is 463 g/mol. The lowest BCUT2D eigenvalue weighted by Gasteiger charge is -2.32. The first kappa shape index (κ1) is 25.5. The van der Waals surface area contributed by atoms with Crippen LogP contribution in [0.25, 0.3) is 0 Å². The number of carbonyl (C=O) groups excluding carboxylic acids is 2. The van der Waals surface area contributed by atoms with Gasteiger partial charge in [-0.05, 0) is 12.1 Å². The van der Waals surface area contributed by atoms with Crippen molar-refractivity contribution in [2.75, 3.05) is 0 Å². The van der Waals surface area contributed by atoms with Crippen molar-refractivity contribution < 1.29 is 37.7 Å². The number of hydrogen-bond donors (Lipinski definition) is 3. The third-order valence-corrected chi connectivity index (χ3v) is 5.46. The zero-order chi connectivity index (χ0) is 25.6. The van der Waals surface area contributed by atoms with Gasteiger partial charge in [0, 0.05) is 36.0 Å². The fraction of sp³-hybridized carbons (Fsp3) is 0.476. The number of hydrogen-bond acceptors (Lipinski definition) is 8. The van der Waals surface area contributed by atoms with Crippen LogP contribution in [0.3, 0.4) is 0 Å². The standard InChI is InChI=1S/C21H22F3N3O7/c1-19(2,3)15(30)13(28)16-20(33,14(29)10-5-4-6-25-8-10)7-12(34-16)27-9-11(21(22,23)24)17(31)26-18(27)32/h4-6,8-9,12-13,16,28,33H,7H2,1-3H3,(H,26,31,32)/t12-,13?,16-,20-/m1/s1. The molecule has 1 saturated heterocycles. The summed E-state index contributed by atoms with van der Waals surface area (Å²) in [6, 6.07) is 2.68. The maximum absolute atomic E-state index is 13.2.